The van der Waals surface area contributed by atoms with E-state index in [4.69, 9.17) is 4.74 Å². The van der Waals surface area contributed by atoms with Crippen molar-refractivity contribution < 1.29 is 18.3 Å². The molecule has 5 heteroatoms. The van der Waals surface area contributed by atoms with E-state index in [2.05, 4.69) is 0 Å². The van der Waals surface area contributed by atoms with E-state index in [9.17, 15) is 13.6 Å². The molecule has 2 heterocycles. The first kappa shape index (κ1) is 10.8. The molecule has 0 aromatic carbocycles. The molecule has 2 rings (SSSR count). The van der Waals surface area contributed by atoms with Crippen molar-refractivity contribution in [2.45, 2.75) is 25.7 Å². The number of ether oxygens (including phenoxy) is 1. The van der Waals surface area contributed by atoms with E-state index >= 15 is 0 Å². The van der Waals surface area contributed by atoms with E-state index in [0.29, 0.717) is 19.7 Å². The Kier molecular flexibility index (Phi) is 2.45. The van der Waals surface area contributed by atoms with Crippen LogP contribution in [-0.2, 0) is 9.53 Å². The Morgan fingerprint density at radius 3 is 2.67 bits per heavy atom. The first-order chi connectivity index (χ1) is 6.90. The van der Waals surface area contributed by atoms with Gasteiger partial charge in [0.1, 0.15) is 0 Å². The van der Waals surface area contributed by atoms with Crippen molar-refractivity contribution in [2.24, 2.45) is 5.41 Å². The van der Waals surface area contributed by atoms with Crippen LogP contribution >= 0.6 is 0 Å². The molecule has 0 aliphatic carbocycles. The standard InChI is InChI=1S/C10H15F2NO2/c1-9(11,12)4-8(14)13-5-10(6-13)2-3-15-7-10/h2-7H2,1H3. The van der Waals surface area contributed by atoms with Gasteiger partial charge in [-0.3, -0.25) is 4.79 Å². The van der Waals surface area contributed by atoms with Gasteiger partial charge in [0, 0.05) is 25.1 Å². The fraction of sp³-hybridized carbons (Fsp3) is 0.900. The maximum Gasteiger partial charge on any atom is 0.254 e. The van der Waals surface area contributed by atoms with Crippen LogP contribution in [0.25, 0.3) is 0 Å². The monoisotopic (exact) mass is 219 g/mol. The molecule has 86 valence electrons. The molecule has 0 N–H and O–H groups in total. The van der Waals surface area contributed by atoms with E-state index in [0.717, 1.165) is 20.0 Å². The van der Waals surface area contributed by atoms with Gasteiger partial charge < -0.3 is 9.64 Å². The second-order valence-corrected chi connectivity index (χ2v) is 4.80. The number of amides is 1. The molecule has 2 fully saturated rings. The topological polar surface area (TPSA) is 29.5 Å². The van der Waals surface area contributed by atoms with Gasteiger partial charge in [0.2, 0.25) is 5.91 Å². The summed E-state index contributed by atoms with van der Waals surface area (Å²) in [6, 6.07) is 0. The number of hydrogen-bond donors (Lipinski definition) is 0. The van der Waals surface area contributed by atoms with E-state index in [1.165, 1.54) is 4.90 Å². The van der Waals surface area contributed by atoms with E-state index in [1.807, 2.05) is 0 Å². The summed E-state index contributed by atoms with van der Waals surface area (Å²) in [5, 5.41) is 0. The molecule has 2 aliphatic rings. The highest BCUT2D eigenvalue weighted by Crippen LogP contribution is 2.38. The zero-order valence-electron chi connectivity index (χ0n) is 8.76. The number of halogens is 2. The summed E-state index contributed by atoms with van der Waals surface area (Å²) in [5.74, 6) is -3.34. The van der Waals surface area contributed by atoms with Crippen LogP contribution in [0.15, 0.2) is 0 Å². The Morgan fingerprint density at radius 2 is 2.20 bits per heavy atom. The van der Waals surface area contributed by atoms with Gasteiger partial charge in [-0.05, 0) is 13.3 Å². The largest absolute Gasteiger partial charge is 0.381 e. The van der Waals surface area contributed by atoms with E-state index in [1.54, 1.807) is 0 Å². The number of rotatable bonds is 2. The number of likely N-dealkylation sites (tertiary alicyclic amines) is 1. The summed E-state index contributed by atoms with van der Waals surface area (Å²) >= 11 is 0. The highest BCUT2D eigenvalue weighted by Gasteiger charge is 2.48. The maximum atomic E-state index is 12.6. The molecule has 0 saturated carbocycles. The van der Waals surface area contributed by atoms with Crippen LogP contribution in [0.4, 0.5) is 8.78 Å². The van der Waals surface area contributed by atoms with Crippen molar-refractivity contribution >= 4 is 5.91 Å². The number of alkyl halides is 2. The van der Waals surface area contributed by atoms with Crippen LogP contribution in [0.3, 0.4) is 0 Å². The number of hydrogen-bond acceptors (Lipinski definition) is 2. The van der Waals surface area contributed by atoms with Crippen molar-refractivity contribution in [2.75, 3.05) is 26.3 Å². The molecule has 0 unspecified atom stereocenters. The van der Waals surface area contributed by atoms with Gasteiger partial charge in [-0.2, -0.15) is 0 Å². The second-order valence-electron chi connectivity index (χ2n) is 4.80. The van der Waals surface area contributed by atoms with Gasteiger partial charge >= 0.3 is 0 Å². The summed E-state index contributed by atoms with van der Waals surface area (Å²) in [6.07, 6.45) is 0.267. The summed E-state index contributed by atoms with van der Waals surface area (Å²) in [7, 11) is 0. The molecule has 0 radical (unpaired) electrons. The third-order valence-electron chi connectivity index (χ3n) is 3.05. The molecule has 2 aliphatic heterocycles. The van der Waals surface area contributed by atoms with Crippen molar-refractivity contribution in [3.63, 3.8) is 0 Å². The SMILES string of the molecule is CC(F)(F)CC(=O)N1CC2(CCOC2)C1. The highest BCUT2D eigenvalue weighted by molar-refractivity contribution is 5.78. The molecule has 0 aromatic rings. The lowest BCUT2D eigenvalue weighted by Gasteiger charge is -2.47. The lowest BCUT2D eigenvalue weighted by Crippen LogP contribution is -2.59. The molecule has 0 aromatic heterocycles. The first-order valence-electron chi connectivity index (χ1n) is 5.14. The van der Waals surface area contributed by atoms with Crippen LogP contribution < -0.4 is 0 Å². The average molecular weight is 219 g/mol. The van der Waals surface area contributed by atoms with Crippen molar-refractivity contribution in [3.8, 4) is 0 Å². The molecule has 0 atom stereocenters. The summed E-state index contributed by atoms with van der Waals surface area (Å²) in [5.41, 5.74) is 0.0820. The predicted octanol–water partition coefficient (Wildman–Crippen LogP) is 1.28. The van der Waals surface area contributed by atoms with Gasteiger partial charge in [0.15, 0.2) is 0 Å². The van der Waals surface area contributed by atoms with Crippen molar-refractivity contribution in [1.29, 1.82) is 0 Å². The highest BCUT2D eigenvalue weighted by atomic mass is 19.3. The summed E-state index contributed by atoms with van der Waals surface area (Å²) in [6.45, 7) is 3.34. The number of carbonyl (C=O) groups is 1. The van der Waals surface area contributed by atoms with Crippen LogP contribution in [0.2, 0.25) is 0 Å². The minimum absolute atomic E-state index is 0.0820. The Hall–Kier alpha value is -0.710. The molecule has 3 nitrogen and oxygen atoms in total. The molecule has 1 amide bonds. The quantitative estimate of drug-likeness (QED) is 0.700. The third-order valence-corrected chi connectivity index (χ3v) is 3.05. The van der Waals surface area contributed by atoms with Gasteiger partial charge in [0.05, 0.1) is 13.0 Å². The Balaban J connectivity index is 1.81. The fourth-order valence-electron chi connectivity index (χ4n) is 2.22. The minimum Gasteiger partial charge on any atom is -0.381 e. The van der Waals surface area contributed by atoms with Crippen LogP contribution in [-0.4, -0.2) is 43.0 Å². The van der Waals surface area contributed by atoms with Gasteiger partial charge in [-0.25, -0.2) is 8.78 Å². The molecule has 15 heavy (non-hydrogen) atoms. The number of nitrogens with zero attached hydrogens (tertiary/aromatic N) is 1. The van der Waals surface area contributed by atoms with E-state index < -0.39 is 18.3 Å². The normalized spacial score (nSPS) is 24.3. The van der Waals surface area contributed by atoms with E-state index in [-0.39, 0.29) is 5.41 Å². The molecule has 2 saturated heterocycles. The first-order valence-corrected chi connectivity index (χ1v) is 5.14. The Labute approximate surface area is 87.4 Å². The summed E-state index contributed by atoms with van der Waals surface area (Å²) in [4.78, 5) is 12.9. The molecular weight excluding hydrogens is 204 g/mol. The zero-order chi connectivity index (χ0) is 11.1. The number of carbonyl (C=O) groups excluding carboxylic acids is 1. The Bertz CT molecular complexity index is 261. The van der Waals surface area contributed by atoms with Crippen LogP contribution in [0, 0.1) is 5.41 Å². The second kappa shape index (κ2) is 3.40. The average Bonchev–Trinajstić information content (AvgIpc) is 2.44. The van der Waals surface area contributed by atoms with Gasteiger partial charge in [-0.1, -0.05) is 0 Å². The third kappa shape index (κ3) is 2.27. The van der Waals surface area contributed by atoms with Crippen LogP contribution in [0.5, 0.6) is 0 Å². The minimum atomic E-state index is -2.90. The fourth-order valence-corrected chi connectivity index (χ4v) is 2.22. The maximum absolute atomic E-state index is 12.6. The van der Waals surface area contributed by atoms with Gasteiger partial charge in [0.25, 0.3) is 5.92 Å². The Morgan fingerprint density at radius 1 is 1.53 bits per heavy atom. The van der Waals surface area contributed by atoms with Crippen molar-refractivity contribution in [3.05, 3.63) is 0 Å². The van der Waals surface area contributed by atoms with Gasteiger partial charge in [-0.15, -0.1) is 0 Å². The predicted molar refractivity (Wildman–Crippen MR) is 49.7 cm³/mol. The van der Waals surface area contributed by atoms with Crippen LogP contribution in [0.1, 0.15) is 19.8 Å². The smallest absolute Gasteiger partial charge is 0.254 e. The lowest BCUT2D eigenvalue weighted by molar-refractivity contribution is -0.149. The molecule has 0 bridgehead atoms. The van der Waals surface area contributed by atoms with Crippen molar-refractivity contribution in [1.82, 2.24) is 4.90 Å². The molecular formula is C10H15F2NO2. The lowest BCUT2D eigenvalue weighted by atomic mass is 9.79. The molecule has 1 spiro atoms. The zero-order valence-corrected chi connectivity index (χ0v) is 8.76. The summed E-state index contributed by atoms with van der Waals surface area (Å²) < 4.78 is 30.4.